The average molecular weight is 367 g/mol. The first kappa shape index (κ1) is 17.4. The molecule has 0 radical (unpaired) electrons. The molecule has 0 aliphatic rings. The molecule has 0 saturated carbocycles. The van der Waals surface area contributed by atoms with Crippen molar-refractivity contribution in [3.05, 3.63) is 78.1 Å². The highest BCUT2D eigenvalue weighted by atomic mass is 35.5. The standard InChI is InChI=1S/C19H15ClN4O2/c20-17-16(7-4-12-22-17)23-18(25)19(26)24(14-5-2-1-3-6-14)15-10-8-13(21)9-11-15/h1-12H,21H2,(H,23,25). The molecular formula is C19H15ClN4O2. The summed E-state index contributed by atoms with van der Waals surface area (Å²) in [6.07, 6.45) is 1.49. The zero-order valence-corrected chi connectivity index (χ0v) is 14.4. The van der Waals surface area contributed by atoms with E-state index >= 15 is 0 Å². The number of pyridine rings is 1. The minimum absolute atomic E-state index is 0.104. The molecule has 0 aliphatic heterocycles. The van der Waals surface area contributed by atoms with Crippen molar-refractivity contribution in [1.82, 2.24) is 4.98 Å². The highest BCUT2D eigenvalue weighted by Crippen LogP contribution is 2.27. The summed E-state index contributed by atoms with van der Waals surface area (Å²) in [6, 6.07) is 18.7. The van der Waals surface area contributed by atoms with E-state index in [2.05, 4.69) is 10.3 Å². The first-order valence-corrected chi connectivity index (χ1v) is 8.10. The number of aromatic nitrogens is 1. The Kier molecular flexibility index (Phi) is 5.15. The summed E-state index contributed by atoms with van der Waals surface area (Å²) >= 11 is 5.94. The van der Waals surface area contributed by atoms with Gasteiger partial charge in [0.15, 0.2) is 5.15 Å². The lowest BCUT2D eigenvalue weighted by atomic mass is 10.2. The normalized spacial score (nSPS) is 10.2. The summed E-state index contributed by atoms with van der Waals surface area (Å²) in [5.74, 6) is -1.60. The zero-order chi connectivity index (χ0) is 18.5. The molecule has 2 amide bonds. The van der Waals surface area contributed by atoms with Gasteiger partial charge in [-0.15, -0.1) is 0 Å². The minimum atomic E-state index is -0.833. The van der Waals surface area contributed by atoms with Crippen molar-refractivity contribution < 1.29 is 9.59 Å². The Morgan fingerprint density at radius 2 is 1.58 bits per heavy atom. The fourth-order valence-corrected chi connectivity index (χ4v) is 2.51. The largest absolute Gasteiger partial charge is 0.399 e. The van der Waals surface area contributed by atoms with Gasteiger partial charge in [0.2, 0.25) is 0 Å². The van der Waals surface area contributed by atoms with Crippen molar-refractivity contribution in [2.75, 3.05) is 16.0 Å². The van der Waals surface area contributed by atoms with Gasteiger partial charge in [-0.3, -0.25) is 14.5 Å². The van der Waals surface area contributed by atoms with Gasteiger partial charge in [-0.2, -0.15) is 0 Å². The number of nitrogens with one attached hydrogen (secondary N) is 1. The monoisotopic (exact) mass is 366 g/mol. The van der Waals surface area contributed by atoms with E-state index in [4.69, 9.17) is 17.3 Å². The molecule has 3 N–H and O–H groups in total. The van der Waals surface area contributed by atoms with Crippen molar-refractivity contribution in [1.29, 1.82) is 0 Å². The first-order chi connectivity index (χ1) is 12.6. The van der Waals surface area contributed by atoms with Crippen LogP contribution in [0.3, 0.4) is 0 Å². The molecule has 0 bridgehead atoms. The predicted molar refractivity (Wildman–Crippen MR) is 102 cm³/mol. The number of amides is 2. The maximum atomic E-state index is 12.9. The molecule has 7 heteroatoms. The number of carbonyl (C=O) groups excluding carboxylic acids is 2. The fraction of sp³-hybridized carbons (Fsp3) is 0. The first-order valence-electron chi connectivity index (χ1n) is 7.73. The van der Waals surface area contributed by atoms with Crippen LogP contribution >= 0.6 is 11.6 Å². The van der Waals surface area contributed by atoms with Crippen LogP contribution in [0.2, 0.25) is 5.15 Å². The number of carbonyl (C=O) groups is 2. The Hall–Kier alpha value is -3.38. The summed E-state index contributed by atoms with van der Waals surface area (Å²) < 4.78 is 0. The fourth-order valence-electron chi connectivity index (χ4n) is 2.34. The van der Waals surface area contributed by atoms with Crippen molar-refractivity contribution in [3.8, 4) is 0 Å². The van der Waals surface area contributed by atoms with Gasteiger partial charge in [0.05, 0.1) is 5.69 Å². The van der Waals surface area contributed by atoms with Gasteiger partial charge in [-0.05, 0) is 48.5 Å². The molecule has 0 spiro atoms. The van der Waals surface area contributed by atoms with Crippen LogP contribution in [0.25, 0.3) is 0 Å². The Balaban J connectivity index is 1.93. The van der Waals surface area contributed by atoms with Crippen LogP contribution in [0.15, 0.2) is 72.9 Å². The summed E-state index contributed by atoms with van der Waals surface area (Å²) in [5, 5.41) is 2.60. The highest BCUT2D eigenvalue weighted by molar-refractivity contribution is 6.46. The molecule has 0 fully saturated rings. The molecule has 0 atom stereocenters. The van der Waals surface area contributed by atoms with Crippen molar-refractivity contribution in [2.45, 2.75) is 0 Å². The molecule has 6 nitrogen and oxygen atoms in total. The average Bonchev–Trinajstić information content (AvgIpc) is 2.66. The van der Waals surface area contributed by atoms with Crippen LogP contribution in [-0.2, 0) is 9.59 Å². The van der Waals surface area contributed by atoms with E-state index in [0.717, 1.165) is 0 Å². The Morgan fingerprint density at radius 1 is 0.923 bits per heavy atom. The van der Waals surface area contributed by atoms with Crippen LogP contribution in [-0.4, -0.2) is 16.8 Å². The molecule has 1 aromatic heterocycles. The smallest absolute Gasteiger partial charge is 0.321 e. The van der Waals surface area contributed by atoms with E-state index in [9.17, 15) is 9.59 Å². The minimum Gasteiger partial charge on any atom is -0.399 e. The van der Waals surface area contributed by atoms with Crippen LogP contribution in [0.5, 0.6) is 0 Å². The van der Waals surface area contributed by atoms with Crippen molar-refractivity contribution in [2.24, 2.45) is 0 Å². The lowest BCUT2D eigenvalue weighted by Gasteiger charge is -2.22. The van der Waals surface area contributed by atoms with Crippen LogP contribution in [0, 0.1) is 0 Å². The zero-order valence-electron chi connectivity index (χ0n) is 13.6. The molecule has 1 heterocycles. The Labute approximate surface area is 155 Å². The molecule has 3 rings (SSSR count). The molecule has 0 saturated heterocycles. The summed E-state index contributed by atoms with van der Waals surface area (Å²) in [4.78, 5) is 30.5. The number of halogens is 1. The number of rotatable bonds is 3. The third-order valence-corrected chi connectivity index (χ3v) is 3.87. The van der Waals surface area contributed by atoms with Crippen LogP contribution in [0.4, 0.5) is 22.7 Å². The van der Waals surface area contributed by atoms with Gasteiger partial charge < -0.3 is 11.1 Å². The number of benzene rings is 2. The second kappa shape index (κ2) is 7.67. The topological polar surface area (TPSA) is 88.3 Å². The molecule has 3 aromatic rings. The van der Waals surface area contributed by atoms with Crippen LogP contribution < -0.4 is 16.0 Å². The lowest BCUT2D eigenvalue weighted by molar-refractivity contribution is -0.134. The molecule has 2 aromatic carbocycles. The number of nitrogens with zero attached hydrogens (tertiary/aromatic N) is 2. The maximum absolute atomic E-state index is 12.9. The van der Waals surface area contributed by atoms with Gasteiger partial charge in [0.25, 0.3) is 0 Å². The third kappa shape index (κ3) is 3.81. The predicted octanol–water partition coefficient (Wildman–Crippen LogP) is 3.62. The SMILES string of the molecule is Nc1ccc(N(C(=O)C(=O)Nc2cccnc2Cl)c2ccccc2)cc1. The van der Waals surface area contributed by atoms with Gasteiger partial charge in [0, 0.05) is 23.3 Å². The van der Waals surface area contributed by atoms with E-state index in [-0.39, 0.29) is 10.8 Å². The van der Waals surface area contributed by atoms with Gasteiger partial charge in [0.1, 0.15) is 0 Å². The highest BCUT2D eigenvalue weighted by Gasteiger charge is 2.25. The quantitative estimate of drug-likeness (QED) is 0.421. The molecule has 0 unspecified atom stereocenters. The number of anilines is 4. The van der Waals surface area contributed by atoms with E-state index in [1.54, 1.807) is 60.7 Å². The van der Waals surface area contributed by atoms with Gasteiger partial charge in [-0.25, -0.2) is 4.98 Å². The molecule has 130 valence electrons. The summed E-state index contributed by atoms with van der Waals surface area (Å²) in [7, 11) is 0. The van der Waals surface area contributed by atoms with E-state index in [1.165, 1.54) is 11.1 Å². The van der Waals surface area contributed by atoms with Gasteiger partial charge >= 0.3 is 11.8 Å². The number of hydrogen-bond acceptors (Lipinski definition) is 4. The molecule has 0 aliphatic carbocycles. The number of para-hydroxylation sites is 1. The lowest BCUT2D eigenvalue weighted by Crippen LogP contribution is -2.36. The van der Waals surface area contributed by atoms with Crippen molar-refractivity contribution >= 4 is 46.2 Å². The number of nitrogens with two attached hydrogens (primary N) is 1. The molecular weight excluding hydrogens is 352 g/mol. The van der Waals surface area contributed by atoms with Gasteiger partial charge in [-0.1, -0.05) is 29.8 Å². The Morgan fingerprint density at radius 3 is 2.23 bits per heavy atom. The second-order valence-corrected chi connectivity index (χ2v) is 5.72. The third-order valence-electron chi connectivity index (χ3n) is 3.57. The molecule has 26 heavy (non-hydrogen) atoms. The van der Waals surface area contributed by atoms with E-state index in [1.807, 2.05) is 6.07 Å². The number of nitrogen functional groups attached to an aromatic ring is 1. The second-order valence-electron chi connectivity index (χ2n) is 5.36. The summed E-state index contributed by atoms with van der Waals surface area (Å²) in [5.41, 5.74) is 7.60. The Bertz CT molecular complexity index is 930. The van der Waals surface area contributed by atoms with E-state index < -0.39 is 11.8 Å². The van der Waals surface area contributed by atoms with Crippen molar-refractivity contribution in [3.63, 3.8) is 0 Å². The number of hydrogen-bond donors (Lipinski definition) is 2. The van der Waals surface area contributed by atoms with Crippen LogP contribution in [0.1, 0.15) is 0 Å². The maximum Gasteiger partial charge on any atom is 0.321 e. The summed E-state index contributed by atoms with van der Waals surface area (Å²) in [6.45, 7) is 0. The van der Waals surface area contributed by atoms with E-state index in [0.29, 0.717) is 17.1 Å².